The van der Waals surface area contributed by atoms with Gasteiger partial charge < -0.3 is 0 Å². The fourth-order valence-electron chi connectivity index (χ4n) is 1.64. The molecule has 1 saturated heterocycles. The molecule has 0 saturated carbocycles. The third kappa shape index (κ3) is 2.35. The first-order chi connectivity index (χ1) is 8.09. The van der Waals surface area contributed by atoms with Crippen molar-refractivity contribution in [2.45, 2.75) is 12.8 Å². The van der Waals surface area contributed by atoms with E-state index in [0.717, 1.165) is 4.90 Å². The number of nitrogens with zero attached hydrogens (tertiary/aromatic N) is 2. The van der Waals surface area contributed by atoms with Crippen molar-refractivity contribution in [3.63, 3.8) is 0 Å². The summed E-state index contributed by atoms with van der Waals surface area (Å²) >= 11 is -0.986. The van der Waals surface area contributed by atoms with Crippen LogP contribution in [0.3, 0.4) is 0 Å². The van der Waals surface area contributed by atoms with Crippen LogP contribution in [-0.2, 0) is 9.59 Å². The topological polar surface area (TPSA) is 80.5 Å². The number of hydrogen-bond donors (Lipinski definition) is 0. The zero-order chi connectivity index (χ0) is 12.4. The number of carbonyl (C=O) groups is 2. The second kappa shape index (κ2) is 4.65. The molecule has 7 heteroatoms. The molecule has 6 nitrogen and oxygen atoms in total. The fourth-order valence-corrected chi connectivity index (χ4v) is 2.80. The predicted octanol–water partition coefficient (Wildman–Crippen LogP) is -0.139. The Hall–Kier alpha value is -1.72. The molecule has 0 aromatic heterocycles. The Kier molecular flexibility index (Phi) is 3.21. The third-order valence-electron chi connectivity index (χ3n) is 2.33. The summed E-state index contributed by atoms with van der Waals surface area (Å²) in [4.78, 5) is 34.7. The van der Waals surface area contributed by atoms with Crippen molar-refractivity contribution in [1.82, 2.24) is 0 Å². The number of carbonyl (C=O) groups excluding carboxylic acids is 2. The quantitative estimate of drug-likeness (QED) is 0.337. The Bertz CT molecular complexity index is 487. The van der Waals surface area contributed by atoms with Gasteiger partial charge in [-0.1, -0.05) is 0 Å². The van der Waals surface area contributed by atoms with Crippen molar-refractivity contribution < 1.29 is 13.5 Å². The second-order valence-corrected chi connectivity index (χ2v) is 5.34. The van der Waals surface area contributed by atoms with Crippen LogP contribution < -0.4 is 9.36 Å². The minimum atomic E-state index is -0.986. The normalized spacial score (nSPS) is 15.4. The van der Waals surface area contributed by atoms with Crippen LogP contribution in [0.1, 0.15) is 12.8 Å². The first-order valence-corrected chi connectivity index (χ1v) is 6.49. The first-order valence-electron chi connectivity index (χ1n) is 4.87. The van der Waals surface area contributed by atoms with Gasteiger partial charge in [-0.3, -0.25) is 0 Å². The van der Waals surface area contributed by atoms with E-state index in [1.807, 2.05) is 0 Å². The average Bonchev–Trinajstić information content (AvgIpc) is 2.59. The summed E-state index contributed by atoms with van der Waals surface area (Å²) in [6.45, 7) is 0. The second-order valence-electron chi connectivity index (χ2n) is 3.41. The molecule has 1 aliphatic rings. The summed E-state index contributed by atoms with van der Waals surface area (Å²) < 4.78 is 0.0187. The molecule has 88 valence electrons. The number of amides is 2. The van der Waals surface area contributed by atoms with Gasteiger partial charge in [-0.15, -0.1) is 0 Å². The summed E-state index contributed by atoms with van der Waals surface area (Å²) in [7, 11) is 0. The van der Waals surface area contributed by atoms with Gasteiger partial charge in [0, 0.05) is 0 Å². The Balaban J connectivity index is 2.40. The standard InChI is InChI=1S/C10H8N2O4Se/c13-9-5-6-10(14)11(9)7-3-1-2-4-8(7)17-12(15)16/h1-4H,5-6H2. The van der Waals surface area contributed by atoms with Crippen LogP contribution >= 0.6 is 0 Å². The van der Waals surface area contributed by atoms with Gasteiger partial charge in [-0.2, -0.15) is 0 Å². The van der Waals surface area contributed by atoms with Gasteiger partial charge in [-0.05, 0) is 0 Å². The van der Waals surface area contributed by atoms with Crippen molar-refractivity contribution in [3.05, 3.63) is 34.4 Å². The summed E-state index contributed by atoms with van der Waals surface area (Å²) in [6, 6.07) is 6.47. The Morgan fingerprint density at radius 2 is 1.76 bits per heavy atom. The van der Waals surface area contributed by atoms with Crippen LogP contribution in [0, 0.1) is 10.1 Å². The van der Waals surface area contributed by atoms with Crippen LogP contribution in [0.15, 0.2) is 24.3 Å². The molecule has 1 aliphatic heterocycles. The average molecular weight is 299 g/mol. The van der Waals surface area contributed by atoms with E-state index in [9.17, 15) is 19.7 Å². The van der Waals surface area contributed by atoms with E-state index in [1.165, 1.54) is 0 Å². The fraction of sp³-hybridized carbons (Fsp3) is 0.200. The van der Waals surface area contributed by atoms with Crippen molar-refractivity contribution in [3.8, 4) is 0 Å². The van der Waals surface area contributed by atoms with Crippen LogP contribution in [0.2, 0.25) is 0 Å². The molecule has 0 atom stereocenters. The summed E-state index contributed by atoms with van der Waals surface area (Å²) in [6.07, 6.45) is 0.358. The Labute approximate surface area is 103 Å². The maximum absolute atomic E-state index is 11.6. The van der Waals surface area contributed by atoms with E-state index in [-0.39, 0.29) is 24.7 Å². The molecule has 0 spiro atoms. The molecule has 2 amide bonds. The molecule has 1 aromatic carbocycles. The van der Waals surface area contributed by atoms with Gasteiger partial charge in [0.1, 0.15) is 0 Å². The molecule has 0 unspecified atom stereocenters. The molecule has 1 aromatic rings. The molecule has 1 fully saturated rings. The van der Waals surface area contributed by atoms with Crippen LogP contribution in [0.25, 0.3) is 0 Å². The molecular weight excluding hydrogens is 291 g/mol. The van der Waals surface area contributed by atoms with Gasteiger partial charge in [0.15, 0.2) is 0 Å². The SMILES string of the molecule is O=C1CCC(=O)N1c1ccccc1[Se][N+](=O)[O-]. The van der Waals surface area contributed by atoms with Crippen molar-refractivity contribution in [1.29, 1.82) is 0 Å². The Morgan fingerprint density at radius 3 is 2.35 bits per heavy atom. The van der Waals surface area contributed by atoms with Gasteiger partial charge in [0.05, 0.1) is 0 Å². The molecule has 0 N–H and O–H groups in total. The minimum absolute atomic E-state index is 0.179. The first kappa shape index (κ1) is 11.8. The van der Waals surface area contributed by atoms with Crippen LogP contribution in [-0.4, -0.2) is 30.9 Å². The zero-order valence-electron chi connectivity index (χ0n) is 8.66. The van der Waals surface area contributed by atoms with E-state index >= 15 is 0 Å². The van der Waals surface area contributed by atoms with Crippen LogP contribution in [0.5, 0.6) is 0 Å². The number of anilines is 1. The van der Waals surface area contributed by atoms with Gasteiger partial charge in [0.2, 0.25) is 0 Å². The molecule has 2 rings (SSSR count). The molecule has 0 aliphatic carbocycles. The molecular formula is C10H8N2O4Se. The number of imide groups is 1. The Morgan fingerprint density at radius 1 is 1.18 bits per heavy atom. The molecule has 17 heavy (non-hydrogen) atoms. The summed E-state index contributed by atoms with van der Waals surface area (Å²) in [5.74, 6) is -0.580. The zero-order valence-corrected chi connectivity index (χ0v) is 10.4. The van der Waals surface area contributed by atoms with Crippen LogP contribution in [0.4, 0.5) is 5.69 Å². The van der Waals surface area contributed by atoms with Gasteiger partial charge in [-0.25, -0.2) is 0 Å². The maximum atomic E-state index is 11.6. The monoisotopic (exact) mass is 300 g/mol. The number of nitro groups is 1. The van der Waals surface area contributed by atoms with E-state index in [0.29, 0.717) is 10.1 Å². The van der Waals surface area contributed by atoms with E-state index in [4.69, 9.17) is 0 Å². The van der Waals surface area contributed by atoms with E-state index in [1.54, 1.807) is 24.3 Å². The number of hydrogen-bond acceptors (Lipinski definition) is 4. The third-order valence-corrected chi connectivity index (χ3v) is 3.78. The van der Waals surface area contributed by atoms with E-state index < -0.39 is 19.1 Å². The van der Waals surface area contributed by atoms with Crippen molar-refractivity contribution in [2.24, 2.45) is 0 Å². The van der Waals surface area contributed by atoms with Gasteiger partial charge in [0.25, 0.3) is 0 Å². The molecule has 1 heterocycles. The van der Waals surface area contributed by atoms with Crippen molar-refractivity contribution >= 4 is 37.1 Å². The predicted molar refractivity (Wildman–Crippen MR) is 60.6 cm³/mol. The number of benzene rings is 1. The molecule has 0 radical (unpaired) electrons. The molecule has 0 bridgehead atoms. The summed E-state index contributed by atoms with van der Waals surface area (Å²) in [5.41, 5.74) is 0.358. The van der Waals surface area contributed by atoms with Crippen molar-refractivity contribution in [2.75, 3.05) is 4.90 Å². The number of para-hydroxylation sites is 1. The summed E-state index contributed by atoms with van der Waals surface area (Å²) in [5, 5.41) is 10.5. The van der Waals surface area contributed by atoms with Gasteiger partial charge >= 0.3 is 103 Å². The van der Waals surface area contributed by atoms with E-state index in [2.05, 4.69) is 0 Å². The number of rotatable bonds is 3.